The Morgan fingerprint density at radius 3 is 2.94 bits per heavy atom. The minimum atomic E-state index is 0.0139. The van der Waals surface area contributed by atoms with Gasteiger partial charge in [-0.05, 0) is 18.6 Å². The highest BCUT2D eigenvalue weighted by Crippen LogP contribution is 2.06. The molecular weight excluding hydrogens is 216 g/mol. The van der Waals surface area contributed by atoms with Crippen LogP contribution in [-0.2, 0) is 6.42 Å². The molecule has 0 aliphatic heterocycles. The summed E-state index contributed by atoms with van der Waals surface area (Å²) < 4.78 is 0. The zero-order valence-corrected chi connectivity index (χ0v) is 10.5. The van der Waals surface area contributed by atoms with Crippen molar-refractivity contribution in [3.05, 3.63) is 29.6 Å². The Morgan fingerprint density at radius 2 is 2.29 bits per heavy atom. The molecule has 0 saturated heterocycles. The number of hydrogen-bond donors (Lipinski definition) is 1. The minimum Gasteiger partial charge on any atom is -0.396 e. The van der Waals surface area contributed by atoms with Crippen molar-refractivity contribution in [1.29, 1.82) is 0 Å². The summed E-state index contributed by atoms with van der Waals surface area (Å²) in [5.41, 5.74) is 1.39. The summed E-state index contributed by atoms with van der Waals surface area (Å²) in [7, 11) is 1.81. The average Bonchev–Trinajstić information content (AvgIpc) is 2.35. The highest BCUT2D eigenvalue weighted by Gasteiger charge is 2.11. The van der Waals surface area contributed by atoms with Crippen LogP contribution >= 0.6 is 0 Å². The number of aromatic nitrogens is 1. The second kappa shape index (κ2) is 7.01. The molecule has 1 heterocycles. The molecule has 1 N–H and O–H groups in total. The SMILES string of the molecule is CCCCN(C)C(=O)c1ccnc(CCO)c1. The standard InChI is InChI=1S/C13H20N2O2/c1-3-4-8-15(2)13(17)11-5-7-14-12(10-11)6-9-16/h5,7,10,16H,3-4,6,8-9H2,1-2H3. The molecule has 1 aromatic rings. The van der Waals surface area contributed by atoms with Crippen LogP contribution in [0.4, 0.5) is 0 Å². The molecule has 0 spiro atoms. The molecule has 1 aromatic heterocycles. The van der Waals surface area contributed by atoms with Gasteiger partial charge in [0.1, 0.15) is 0 Å². The molecule has 0 aliphatic rings. The average molecular weight is 236 g/mol. The molecule has 1 rings (SSSR count). The van der Waals surface area contributed by atoms with Gasteiger partial charge in [-0.2, -0.15) is 0 Å². The number of aliphatic hydroxyl groups excluding tert-OH is 1. The number of rotatable bonds is 6. The van der Waals surface area contributed by atoms with Crippen LogP contribution in [-0.4, -0.2) is 41.1 Å². The molecule has 17 heavy (non-hydrogen) atoms. The summed E-state index contributed by atoms with van der Waals surface area (Å²) in [5.74, 6) is 0.0139. The maximum atomic E-state index is 12.0. The van der Waals surface area contributed by atoms with Crippen molar-refractivity contribution in [1.82, 2.24) is 9.88 Å². The predicted octanol–water partition coefficient (Wildman–Crippen LogP) is 1.49. The van der Waals surface area contributed by atoms with Crippen LogP contribution in [0.15, 0.2) is 18.3 Å². The van der Waals surface area contributed by atoms with Crippen molar-refractivity contribution in [3.8, 4) is 0 Å². The molecule has 4 heteroatoms. The number of pyridine rings is 1. The number of hydrogen-bond acceptors (Lipinski definition) is 3. The number of nitrogens with zero attached hydrogens (tertiary/aromatic N) is 2. The van der Waals surface area contributed by atoms with E-state index in [4.69, 9.17) is 5.11 Å². The first-order chi connectivity index (χ1) is 8.19. The van der Waals surface area contributed by atoms with Gasteiger partial charge >= 0.3 is 0 Å². The quantitative estimate of drug-likeness (QED) is 0.814. The Labute approximate surface area is 102 Å². The van der Waals surface area contributed by atoms with Crippen molar-refractivity contribution >= 4 is 5.91 Å². The van der Waals surface area contributed by atoms with Gasteiger partial charge in [-0.1, -0.05) is 13.3 Å². The van der Waals surface area contributed by atoms with Gasteiger partial charge in [-0.3, -0.25) is 9.78 Å². The van der Waals surface area contributed by atoms with Crippen LogP contribution in [0.5, 0.6) is 0 Å². The zero-order chi connectivity index (χ0) is 12.7. The molecular formula is C13H20N2O2. The van der Waals surface area contributed by atoms with Crippen molar-refractivity contribution in [3.63, 3.8) is 0 Å². The van der Waals surface area contributed by atoms with E-state index in [1.165, 1.54) is 0 Å². The van der Waals surface area contributed by atoms with Crippen LogP contribution in [0.3, 0.4) is 0 Å². The number of unbranched alkanes of at least 4 members (excludes halogenated alkanes) is 1. The summed E-state index contributed by atoms with van der Waals surface area (Å²) in [6, 6.07) is 3.46. The number of carbonyl (C=O) groups is 1. The number of amides is 1. The molecule has 0 atom stereocenters. The molecule has 0 aromatic carbocycles. The van der Waals surface area contributed by atoms with E-state index in [9.17, 15) is 4.79 Å². The molecule has 4 nitrogen and oxygen atoms in total. The number of aliphatic hydroxyl groups is 1. The summed E-state index contributed by atoms with van der Waals surface area (Å²) >= 11 is 0. The summed E-state index contributed by atoms with van der Waals surface area (Å²) in [4.78, 5) is 17.9. The van der Waals surface area contributed by atoms with E-state index in [1.807, 2.05) is 7.05 Å². The van der Waals surface area contributed by atoms with E-state index < -0.39 is 0 Å². The topological polar surface area (TPSA) is 53.4 Å². The predicted molar refractivity (Wildman–Crippen MR) is 66.9 cm³/mol. The first-order valence-electron chi connectivity index (χ1n) is 6.00. The third-order valence-electron chi connectivity index (χ3n) is 2.63. The third-order valence-corrected chi connectivity index (χ3v) is 2.63. The van der Waals surface area contributed by atoms with Gasteiger partial charge in [0, 0.05) is 44.1 Å². The van der Waals surface area contributed by atoms with Gasteiger partial charge in [0.15, 0.2) is 0 Å². The first kappa shape index (κ1) is 13.6. The molecule has 0 aliphatic carbocycles. The maximum Gasteiger partial charge on any atom is 0.253 e. The minimum absolute atomic E-state index is 0.0139. The van der Waals surface area contributed by atoms with Crippen molar-refractivity contribution < 1.29 is 9.90 Å². The van der Waals surface area contributed by atoms with Gasteiger partial charge < -0.3 is 10.0 Å². The van der Waals surface area contributed by atoms with Crippen molar-refractivity contribution in [2.45, 2.75) is 26.2 Å². The summed E-state index contributed by atoms with van der Waals surface area (Å²) in [5, 5.41) is 8.84. The Morgan fingerprint density at radius 1 is 1.53 bits per heavy atom. The lowest BCUT2D eigenvalue weighted by molar-refractivity contribution is 0.0793. The highest BCUT2D eigenvalue weighted by atomic mass is 16.3. The molecule has 94 valence electrons. The van der Waals surface area contributed by atoms with Gasteiger partial charge in [-0.25, -0.2) is 0 Å². The summed E-state index contributed by atoms with van der Waals surface area (Å²) in [6.45, 7) is 2.92. The Hall–Kier alpha value is -1.42. The Balaban J connectivity index is 2.70. The third kappa shape index (κ3) is 4.15. The molecule has 0 saturated carbocycles. The fourth-order valence-electron chi connectivity index (χ4n) is 1.58. The van der Waals surface area contributed by atoms with Crippen LogP contribution in [0, 0.1) is 0 Å². The van der Waals surface area contributed by atoms with Crippen molar-refractivity contribution in [2.24, 2.45) is 0 Å². The van der Waals surface area contributed by atoms with E-state index in [-0.39, 0.29) is 12.5 Å². The molecule has 0 fully saturated rings. The summed E-state index contributed by atoms with van der Waals surface area (Å²) in [6.07, 6.45) is 4.19. The maximum absolute atomic E-state index is 12.0. The van der Waals surface area contributed by atoms with Crippen LogP contribution in [0.1, 0.15) is 35.8 Å². The van der Waals surface area contributed by atoms with Gasteiger partial charge in [0.05, 0.1) is 0 Å². The fourth-order valence-corrected chi connectivity index (χ4v) is 1.58. The van der Waals surface area contributed by atoms with Gasteiger partial charge in [-0.15, -0.1) is 0 Å². The van der Waals surface area contributed by atoms with E-state index >= 15 is 0 Å². The Kier molecular flexibility index (Phi) is 5.63. The second-order valence-electron chi connectivity index (χ2n) is 4.09. The lowest BCUT2D eigenvalue weighted by atomic mass is 10.1. The highest BCUT2D eigenvalue weighted by molar-refractivity contribution is 5.94. The van der Waals surface area contributed by atoms with E-state index in [0.29, 0.717) is 12.0 Å². The monoisotopic (exact) mass is 236 g/mol. The zero-order valence-electron chi connectivity index (χ0n) is 10.5. The lowest BCUT2D eigenvalue weighted by Gasteiger charge is -2.16. The van der Waals surface area contributed by atoms with Crippen LogP contribution in [0.2, 0.25) is 0 Å². The number of carbonyl (C=O) groups excluding carboxylic acids is 1. The first-order valence-corrected chi connectivity index (χ1v) is 6.00. The van der Waals surface area contributed by atoms with Crippen LogP contribution < -0.4 is 0 Å². The second-order valence-corrected chi connectivity index (χ2v) is 4.09. The van der Waals surface area contributed by atoms with E-state index in [0.717, 1.165) is 25.1 Å². The molecule has 0 unspecified atom stereocenters. The van der Waals surface area contributed by atoms with Gasteiger partial charge in [0.25, 0.3) is 5.91 Å². The Bertz CT molecular complexity index is 366. The van der Waals surface area contributed by atoms with Crippen molar-refractivity contribution in [2.75, 3.05) is 20.2 Å². The fraction of sp³-hybridized carbons (Fsp3) is 0.538. The van der Waals surface area contributed by atoms with Gasteiger partial charge in [0.2, 0.25) is 0 Å². The molecule has 0 radical (unpaired) electrons. The van der Waals surface area contributed by atoms with Crippen LogP contribution in [0.25, 0.3) is 0 Å². The smallest absolute Gasteiger partial charge is 0.253 e. The van der Waals surface area contributed by atoms with E-state index in [1.54, 1.807) is 23.2 Å². The molecule has 0 bridgehead atoms. The molecule has 1 amide bonds. The largest absolute Gasteiger partial charge is 0.396 e. The lowest BCUT2D eigenvalue weighted by Crippen LogP contribution is -2.27. The van der Waals surface area contributed by atoms with E-state index in [2.05, 4.69) is 11.9 Å². The normalized spacial score (nSPS) is 10.3.